The van der Waals surface area contributed by atoms with E-state index >= 15 is 0 Å². The monoisotopic (exact) mass is 470 g/mol. The van der Waals surface area contributed by atoms with Gasteiger partial charge < -0.3 is 20.1 Å². The van der Waals surface area contributed by atoms with E-state index in [1.54, 1.807) is 24.3 Å². The van der Waals surface area contributed by atoms with Gasteiger partial charge in [0.15, 0.2) is 0 Å². The number of nitrogens with zero attached hydrogens (tertiary/aromatic N) is 2. The van der Waals surface area contributed by atoms with Crippen molar-refractivity contribution in [3.05, 3.63) is 24.3 Å². The summed E-state index contributed by atoms with van der Waals surface area (Å²) in [7, 11) is 0. The van der Waals surface area contributed by atoms with E-state index in [-0.39, 0.29) is 48.7 Å². The van der Waals surface area contributed by atoms with Crippen molar-refractivity contribution in [2.24, 2.45) is 0 Å². The van der Waals surface area contributed by atoms with Gasteiger partial charge in [-0.05, 0) is 49.9 Å². The van der Waals surface area contributed by atoms with E-state index in [0.29, 0.717) is 24.5 Å². The van der Waals surface area contributed by atoms with Gasteiger partial charge in [-0.1, -0.05) is 0 Å². The Morgan fingerprint density at radius 2 is 1.12 bits per heavy atom. The highest BCUT2D eigenvalue weighted by Crippen LogP contribution is 2.29. The van der Waals surface area contributed by atoms with Crippen LogP contribution in [0.2, 0.25) is 0 Å². The fourth-order valence-electron chi connectivity index (χ4n) is 5.03. The molecule has 4 atom stereocenters. The van der Waals surface area contributed by atoms with Gasteiger partial charge in [0.05, 0.1) is 48.5 Å². The zero-order valence-electron chi connectivity index (χ0n) is 19.0. The van der Waals surface area contributed by atoms with Crippen molar-refractivity contribution in [1.82, 2.24) is 10.6 Å². The average Bonchev–Trinajstić information content (AvgIpc) is 3.61. The van der Waals surface area contributed by atoms with Crippen LogP contribution in [-0.4, -0.2) is 74.2 Å². The molecule has 0 aromatic heterocycles. The van der Waals surface area contributed by atoms with Crippen molar-refractivity contribution in [3.8, 4) is 0 Å². The molecule has 1 aromatic rings. The number of hydrogen-bond acceptors (Lipinski definition) is 8. The highest BCUT2D eigenvalue weighted by molar-refractivity contribution is 6.24. The van der Waals surface area contributed by atoms with Gasteiger partial charge in [0.2, 0.25) is 11.8 Å². The maximum absolute atomic E-state index is 12.9. The lowest BCUT2D eigenvalue weighted by Crippen LogP contribution is -2.42. The van der Waals surface area contributed by atoms with Gasteiger partial charge in [-0.15, -0.1) is 0 Å². The molecule has 4 aliphatic rings. The normalized spacial score (nSPS) is 29.8. The van der Waals surface area contributed by atoms with Gasteiger partial charge in [0.1, 0.15) is 0 Å². The maximum atomic E-state index is 12.9. The van der Waals surface area contributed by atoms with Crippen LogP contribution in [0.1, 0.15) is 38.5 Å². The second kappa shape index (κ2) is 9.91. The predicted molar refractivity (Wildman–Crippen MR) is 122 cm³/mol. The van der Waals surface area contributed by atoms with E-state index in [4.69, 9.17) is 9.47 Å². The van der Waals surface area contributed by atoms with E-state index in [1.807, 2.05) is 0 Å². The van der Waals surface area contributed by atoms with Gasteiger partial charge in [0.25, 0.3) is 11.8 Å². The fourth-order valence-corrected chi connectivity index (χ4v) is 5.03. The number of anilines is 2. The average molecular weight is 471 g/mol. The zero-order valence-corrected chi connectivity index (χ0v) is 19.0. The third-order valence-electron chi connectivity index (χ3n) is 6.89. The molecule has 10 nitrogen and oxygen atoms in total. The van der Waals surface area contributed by atoms with E-state index in [0.717, 1.165) is 48.7 Å². The molecule has 0 radical (unpaired) electrons. The summed E-state index contributed by atoms with van der Waals surface area (Å²) in [5, 5.41) is 6.32. The van der Waals surface area contributed by atoms with Crippen LogP contribution >= 0.6 is 0 Å². The Balaban J connectivity index is 1.20. The van der Waals surface area contributed by atoms with E-state index < -0.39 is 12.1 Å². The molecule has 0 aliphatic carbocycles. The molecule has 10 heteroatoms. The Kier molecular flexibility index (Phi) is 6.73. The highest BCUT2D eigenvalue weighted by Gasteiger charge is 2.41. The minimum atomic E-state index is -0.575. The molecule has 4 aliphatic heterocycles. The van der Waals surface area contributed by atoms with Crippen molar-refractivity contribution in [3.63, 3.8) is 0 Å². The number of imide groups is 2. The van der Waals surface area contributed by atoms with Crippen molar-refractivity contribution in [2.75, 3.05) is 36.1 Å². The molecule has 2 N–H and O–H groups in total. The second-order valence-electron chi connectivity index (χ2n) is 9.25. The molecule has 0 spiro atoms. The number of carbonyl (C=O) groups is 4. The first kappa shape index (κ1) is 23.1. The first-order chi connectivity index (χ1) is 16.5. The van der Waals surface area contributed by atoms with Gasteiger partial charge in [-0.3, -0.25) is 19.2 Å². The van der Waals surface area contributed by atoms with Crippen molar-refractivity contribution < 1.29 is 28.7 Å². The summed E-state index contributed by atoms with van der Waals surface area (Å²) < 4.78 is 11.1. The molecule has 4 heterocycles. The van der Waals surface area contributed by atoms with Crippen LogP contribution < -0.4 is 20.4 Å². The van der Waals surface area contributed by atoms with Gasteiger partial charge in [-0.25, -0.2) is 9.80 Å². The Morgan fingerprint density at radius 3 is 1.47 bits per heavy atom. The van der Waals surface area contributed by atoms with Crippen molar-refractivity contribution in [1.29, 1.82) is 0 Å². The SMILES string of the molecule is O=C1C[C@H](NC[C@@H]2CCCO2)C(=O)N1c1ccc(N2C(=O)C[C@@H](NC[C@@H]3CCCO3)C2=O)cc1. The number of hydrogen-bond donors (Lipinski definition) is 2. The van der Waals surface area contributed by atoms with Crippen LogP contribution in [0.4, 0.5) is 11.4 Å². The first-order valence-electron chi connectivity index (χ1n) is 12.0. The lowest BCUT2D eigenvalue weighted by molar-refractivity contribution is -0.123. The van der Waals surface area contributed by atoms with Gasteiger partial charge in [-0.2, -0.15) is 0 Å². The quantitative estimate of drug-likeness (QED) is 0.527. The standard InChI is InChI=1S/C24H30N4O6/c29-21-11-19(25-13-17-3-1-9-33-17)23(31)27(21)15-5-7-16(8-6-15)28-22(30)12-20(24(28)32)26-14-18-4-2-10-34-18/h5-8,17-20,25-26H,1-4,9-14H2/t17-,18-,19-,20+/m0/s1. The number of nitrogens with one attached hydrogen (secondary N) is 2. The minimum absolute atomic E-state index is 0.0794. The van der Waals surface area contributed by atoms with E-state index in [9.17, 15) is 19.2 Å². The molecule has 4 amide bonds. The fraction of sp³-hybridized carbons (Fsp3) is 0.583. The van der Waals surface area contributed by atoms with Crippen LogP contribution in [0.25, 0.3) is 0 Å². The predicted octanol–water partition coefficient (Wildman–Crippen LogP) is 0.488. The minimum Gasteiger partial charge on any atom is -0.377 e. The smallest absolute Gasteiger partial charge is 0.251 e. The van der Waals surface area contributed by atoms with Crippen LogP contribution in [-0.2, 0) is 28.7 Å². The maximum Gasteiger partial charge on any atom is 0.251 e. The molecule has 4 fully saturated rings. The van der Waals surface area contributed by atoms with Gasteiger partial charge >= 0.3 is 0 Å². The topological polar surface area (TPSA) is 117 Å². The summed E-state index contributed by atoms with van der Waals surface area (Å²) >= 11 is 0. The van der Waals surface area contributed by atoms with E-state index in [1.165, 1.54) is 0 Å². The third kappa shape index (κ3) is 4.63. The third-order valence-corrected chi connectivity index (χ3v) is 6.89. The largest absolute Gasteiger partial charge is 0.377 e. The van der Waals surface area contributed by atoms with Crippen LogP contribution in [0.15, 0.2) is 24.3 Å². The van der Waals surface area contributed by atoms with E-state index in [2.05, 4.69) is 10.6 Å². The van der Waals surface area contributed by atoms with Crippen LogP contribution in [0.5, 0.6) is 0 Å². The molecule has 0 saturated carbocycles. The number of rotatable bonds is 8. The Labute approximate surface area is 197 Å². The summed E-state index contributed by atoms with van der Waals surface area (Å²) in [5.41, 5.74) is 0.847. The summed E-state index contributed by atoms with van der Waals surface area (Å²) in [4.78, 5) is 53.2. The first-order valence-corrected chi connectivity index (χ1v) is 12.0. The number of amides is 4. The lowest BCUT2D eigenvalue weighted by atomic mass is 10.2. The summed E-state index contributed by atoms with van der Waals surface area (Å²) in [5.74, 6) is -1.17. The summed E-state index contributed by atoms with van der Waals surface area (Å²) in [6, 6.07) is 5.24. The lowest BCUT2D eigenvalue weighted by Gasteiger charge is -2.19. The van der Waals surface area contributed by atoms with Crippen molar-refractivity contribution >= 4 is 35.0 Å². The van der Waals surface area contributed by atoms with Crippen molar-refractivity contribution in [2.45, 2.75) is 62.8 Å². The molecule has 0 unspecified atom stereocenters. The van der Waals surface area contributed by atoms with Crippen LogP contribution in [0.3, 0.4) is 0 Å². The molecule has 4 saturated heterocycles. The molecular weight excluding hydrogens is 440 g/mol. The number of ether oxygens (including phenoxy) is 2. The molecule has 34 heavy (non-hydrogen) atoms. The van der Waals surface area contributed by atoms with Gasteiger partial charge in [0, 0.05) is 26.3 Å². The molecular formula is C24H30N4O6. The molecule has 182 valence electrons. The molecule has 1 aromatic carbocycles. The Morgan fingerprint density at radius 1 is 0.706 bits per heavy atom. The number of benzene rings is 1. The Bertz CT molecular complexity index is 878. The Hall–Kier alpha value is -2.66. The molecule has 0 bridgehead atoms. The zero-order chi connectivity index (χ0) is 23.7. The number of carbonyl (C=O) groups excluding carboxylic acids is 4. The van der Waals surface area contributed by atoms with Crippen LogP contribution in [0, 0.1) is 0 Å². The highest BCUT2D eigenvalue weighted by atomic mass is 16.5. The second-order valence-corrected chi connectivity index (χ2v) is 9.25. The summed E-state index contributed by atoms with van der Waals surface area (Å²) in [6.45, 7) is 2.54. The summed E-state index contributed by atoms with van der Waals surface area (Å²) in [6.07, 6.45) is 4.26. The molecule has 5 rings (SSSR count).